The van der Waals surface area contributed by atoms with Gasteiger partial charge in [-0.2, -0.15) is 0 Å². The average molecular weight is 311 g/mol. The molecule has 5 nitrogen and oxygen atoms in total. The Kier molecular flexibility index (Phi) is 4.26. The highest BCUT2D eigenvalue weighted by Crippen LogP contribution is 2.28. The maximum Gasteiger partial charge on any atom is 0.270 e. The Labute approximate surface area is 130 Å². The first kappa shape index (κ1) is 16.2. The Hall–Kier alpha value is -1.20. The number of carbonyl (C=O) groups is 1. The quantitative estimate of drug-likeness (QED) is 0.824. The van der Waals surface area contributed by atoms with Gasteiger partial charge >= 0.3 is 0 Å². The van der Waals surface area contributed by atoms with Crippen molar-refractivity contribution in [3.05, 3.63) is 22.7 Å². The second kappa shape index (κ2) is 5.54. The summed E-state index contributed by atoms with van der Waals surface area (Å²) in [5.41, 5.74) is 0.291. The summed E-state index contributed by atoms with van der Waals surface area (Å²) in [6, 6.07) is 1.61. The molecule has 2 heterocycles. The summed E-state index contributed by atoms with van der Waals surface area (Å²) >= 11 is 5.89. The second-order valence-electron chi connectivity index (χ2n) is 7.09. The fourth-order valence-electron chi connectivity index (χ4n) is 3.33. The van der Waals surface area contributed by atoms with E-state index < -0.39 is 0 Å². The molecule has 0 aliphatic carbocycles. The predicted molar refractivity (Wildman–Crippen MR) is 83.6 cm³/mol. The maximum atomic E-state index is 12.4. The zero-order chi connectivity index (χ0) is 15.8. The maximum absolute atomic E-state index is 12.4. The van der Waals surface area contributed by atoms with Gasteiger partial charge in [-0.3, -0.25) is 4.79 Å². The largest absolute Gasteiger partial charge is 0.348 e. The van der Waals surface area contributed by atoms with Gasteiger partial charge in [-0.25, -0.2) is 9.97 Å². The van der Waals surface area contributed by atoms with E-state index in [0.29, 0.717) is 16.7 Å². The highest BCUT2D eigenvalue weighted by molar-refractivity contribution is 6.29. The van der Waals surface area contributed by atoms with Gasteiger partial charge in [-0.05, 0) is 47.5 Å². The van der Waals surface area contributed by atoms with Crippen LogP contribution in [0.5, 0.6) is 0 Å². The van der Waals surface area contributed by atoms with Gasteiger partial charge in [0.05, 0.1) is 0 Å². The molecule has 1 aromatic heterocycles. The van der Waals surface area contributed by atoms with Crippen molar-refractivity contribution in [2.45, 2.75) is 64.6 Å². The topological polar surface area (TPSA) is 66.9 Å². The summed E-state index contributed by atoms with van der Waals surface area (Å²) < 4.78 is 0. The number of piperidine rings is 1. The Morgan fingerprint density at radius 2 is 1.86 bits per heavy atom. The van der Waals surface area contributed by atoms with Crippen molar-refractivity contribution in [3.63, 3.8) is 0 Å². The molecule has 2 rings (SSSR count). The van der Waals surface area contributed by atoms with Crippen molar-refractivity contribution in [1.29, 1.82) is 0 Å². The summed E-state index contributed by atoms with van der Waals surface area (Å²) in [6.45, 7) is 10.3. The first-order valence-electron chi connectivity index (χ1n) is 7.18. The lowest BCUT2D eigenvalue weighted by Crippen LogP contribution is -2.62. The number of nitrogens with one attached hydrogen (secondary N) is 2. The lowest BCUT2D eigenvalue weighted by molar-refractivity contribution is 0.0868. The van der Waals surface area contributed by atoms with Gasteiger partial charge in [0, 0.05) is 23.2 Å². The Morgan fingerprint density at radius 3 is 2.38 bits per heavy atom. The molecule has 1 aromatic rings. The molecule has 116 valence electrons. The first-order valence-corrected chi connectivity index (χ1v) is 7.56. The third-order valence-electron chi connectivity index (χ3n) is 3.56. The molecule has 1 aliphatic rings. The van der Waals surface area contributed by atoms with Crippen LogP contribution in [0.3, 0.4) is 0 Å². The van der Waals surface area contributed by atoms with E-state index in [1.54, 1.807) is 6.92 Å². The number of nitrogens with zero attached hydrogens (tertiary/aromatic N) is 2. The molecule has 0 saturated carbocycles. The fraction of sp³-hybridized carbons (Fsp3) is 0.667. The third kappa shape index (κ3) is 4.38. The lowest BCUT2D eigenvalue weighted by atomic mass is 9.79. The Bertz CT molecular complexity index is 520. The molecule has 0 unspecified atom stereocenters. The van der Waals surface area contributed by atoms with Crippen molar-refractivity contribution >= 4 is 17.5 Å². The number of carbonyl (C=O) groups excluding carboxylic acids is 1. The van der Waals surface area contributed by atoms with Gasteiger partial charge in [0.25, 0.3) is 5.91 Å². The number of amides is 1. The third-order valence-corrected chi connectivity index (χ3v) is 3.76. The number of aryl methyl sites for hydroxylation is 1. The van der Waals surface area contributed by atoms with Gasteiger partial charge in [-0.15, -0.1) is 0 Å². The van der Waals surface area contributed by atoms with Gasteiger partial charge in [0.2, 0.25) is 0 Å². The van der Waals surface area contributed by atoms with E-state index in [0.717, 1.165) is 12.8 Å². The van der Waals surface area contributed by atoms with Crippen LogP contribution >= 0.6 is 11.6 Å². The molecule has 2 N–H and O–H groups in total. The number of halogens is 1. The van der Waals surface area contributed by atoms with Crippen LogP contribution < -0.4 is 10.6 Å². The van der Waals surface area contributed by atoms with Crippen LogP contribution in [0.4, 0.5) is 0 Å². The molecule has 1 saturated heterocycles. The van der Waals surface area contributed by atoms with Crippen LogP contribution in [0.1, 0.15) is 56.8 Å². The molecular formula is C15H23ClN4O. The van der Waals surface area contributed by atoms with E-state index in [2.05, 4.69) is 48.3 Å². The van der Waals surface area contributed by atoms with Gasteiger partial charge in [-0.1, -0.05) is 11.6 Å². The molecule has 0 radical (unpaired) electrons. The van der Waals surface area contributed by atoms with E-state index >= 15 is 0 Å². The summed E-state index contributed by atoms with van der Waals surface area (Å²) in [4.78, 5) is 20.5. The standard InChI is InChI=1S/C15H23ClN4O/c1-9-17-11(6-12(16)18-9)13(21)19-10-7-14(2,3)20-15(4,5)8-10/h6,10,20H,7-8H2,1-5H3,(H,19,21). The zero-order valence-corrected chi connectivity index (χ0v) is 14.0. The normalized spacial score (nSPS) is 21.0. The highest BCUT2D eigenvalue weighted by atomic mass is 35.5. The van der Waals surface area contributed by atoms with Crippen molar-refractivity contribution in [2.24, 2.45) is 0 Å². The summed E-state index contributed by atoms with van der Waals surface area (Å²) in [5.74, 6) is 0.305. The molecule has 1 aliphatic heterocycles. The van der Waals surface area contributed by atoms with Crippen LogP contribution in [-0.4, -0.2) is 33.0 Å². The van der Waals surface area contributed by atoms with Crippen LogP contribution in [0, 0.1) is 6.92 Å². The molecular weight excluding hydrogens is 288 g/mol. The predicted octanol–water partition coefficient (Wildman–Crippen LogP) is 2.48. The Balaban J connectivity index is 2.12. The molecule has 1 amide bonds. The zero-order valence-electron chi connectivity index (χ0n) is 13.2. The van der Waals surface area contributed by atoms with Crippen molar-refractivity contribution in [1.82, 2.24) is 20.6 Å². The number of hydrogen-bond donors (Lipinski definition) is 2. The van der Waals surface area contributed by atoms with E-state index in [1.165, 1.54) is 6.07 Å². The second-order valence-corrected chi connectivity index (χ2v) is 7.48. The molecule has 0 bridgehead atoms. The van der Waals surface area contributed by atoms with E-state index in [4.69, 9.17) is 11.6 Å². The SMILES string of the molecule is Cc1nc(Cl)cc(C(=O)NC2CC(C)(C)NC(C)(C)C2)n1. The lowest BCUT2D eigenvalue weighted by Gasteiger charge is -2.46. The minimum absolute atomic E-state index is 0.0150. The van der Waals surface area contributed by atoms with Crippen LogP contribution in [0.25, 0.3) is 0 Å². The van der Waals surface area contributed by atoms with Gasteiger partial charge in [0.15, 0.2) is 0 Å². The molecule has 1 fully saturated rings. The summed E-state index contributed by atoms with van der Waals surface area (Å²) in [6.07, 6.45) is 1.75. The van der Waals surface area contributed by atoms with Crippen molar-refractivity contribution < 1.29 is 4.79 Å². The van der Waals surface area contributed by atoms with E-state index in [9.17, 15) is 4.79 Å². The van der Waals surface area contributed by atoms with E-state index in [-0.39, 0.29) is 23.0 Å². The van der Waals surface area contributed by atoms with Gasteiger partial charge < -0.3 is 10.6 Å². The first-order chi connectivity index (χ1) is 9.56. The highest BCUT2D eigenvalue weighted by Gasteiger charge is 2.38. The van der Waals surface area contributed by atoms with Crippen molar-refractivity contribution in [2.75, 3.05) is 0 Å². The average Bonchev–Trinajstić information content (AvgIpc) is 2.22. The number of rotatable bonds is 2. The summed E-state index contributed by atoms with van der Waals surface area (Å²) in [5, 5.41) is 6.96. The van der Waals surface area contributed by atoms with Crippen LogP contribution in [0.2, 0.25) is 5.15 Å². The molecule has 21 heavy (non-hydrogen) atoms. The molecule has 0 atom stereocenters. The van der Waals surface area contributed by atoms with Crippen molar-refractivity contribution in [3.8, 4) is 0 Å². The molecule has 0 spiro atoms. The molecule has 0 aromatic carbocycles. The number of aromatic nitrogens is 2. The fourth-order valence-corrected chi connectivity index (χ4v) is 3.56. The summed E-state index contributed by atoms with van der Waals surface area (Å²) in [7, 11) is 0. The minimum atomic E-state index is -0.194. The van der Waals surface area contributed by atoms with Crippen LogP contribution in [0.15, 0.2) is 6.07 Å². The molecule has 6 heteroatoms. The Morgan fingerprint density at radius 1 is 1.29 bits per heavy atom. The minimum Gasteiger partial charge on any atom is -0.348 e. The van der Waals surface area contributed by atoms with E-state index in [1.807, 2.05) is 0 Å². The van der Waals surface area contributed by atoms with Crippen LogP contribution in [-0.2, 0) is 0 Å². The van der Waals surface area contributed by atoms with Gasteiger partial charge in [0.1, 0.15) is 16.7 Å². The monoisotopic (exact) mass is 310 g/mol. The number of hydrogen-bond acceptors (Lipinski definition) is 4. The smallest absolute Gasteiger partial charge is 0.270 e.